The van der Waals surface area contributed by atoms with E-state index in [2.05, 4.69) is 55.9 Å². The zero-order chi connectivity index (χ0) is 15.6. The molecule has 0 bridgehead atoms. The molecule has 1 unspecified atom stereocenters. The third-order valence-corrected chi connectivity index (χ3v) is 4.13. The van der Waals surface area contributed by atoms with Crippen LogP contribution in [-0.2, 0) is 6.54 Å². The van der Waals surface area contributed by atoms with Crippen LogP contribution in [0.15, 0.2) is 40.5 Å². The quantitative estimate of drug-likeness (QED) is 0.283. The van der Waals surface area contributed by atoms with Crippen molar-refractivity contribution in [3.63, 3.8) is 0 Å². The van der Waals surface area contributed by atoms with Crippen LogP contribution in [0.1, 0.15) is 31.7 Å². The molecule has 23 heavy (non-hydrogen) atoms. The summed E-state index contributed by atoms with van der Waals surface area (Å²) < 4.78 is 2.09. The second-order valence-corrected chi connectivity index (χ2v) is 6.04. The van der Waals surface area contributed by atoms with Gasteiger partial charge in [-0.25, -0.2) is 4.98 Å². The third-order valence-electron chi connectivity index (χ3n) is 3.42. The fraction of sp³-hybridized carbons (Fsp3) is 0.500. The average molecular weight is 447 g/mol. The van der Waals surface area contributed by atoms with Crippen LogP contribution in [0.25, 0.3) is 0 Å². The molecule has 1 atom stereocenters. The highest BCUT2D eigenvalue weighted by Gasteiger charge is 2.05. The number of aliphatic imine (C=N–C) groups is 1. The molecule has 0 amide bonds. The monoisotopic (exact) mass is 447 g/mol. The summed E-state index contributed by atoms with van der Waals surface area (Å²) in [6, 6.07) is 2.18. The fourth-order valence-electron chi connectivity index (χ4n) is 2.12. The molecule has 0 saturated heterocycles. The van der Waals surface area contributed by atoms with Crippen molar-refractivity contribution in [3.8, 4) is 0 Å². The number of halogens is 1. The molecule has 2 aromatic rings. The zero-order valence-corrected chi connectivity index (χ0v) is 16.9. The number of rotatable bonds is 8. The van der Waals surface area contributed by atoms with Gasteiger partial charge in [-0.2, -0.15) is 11.3 Å². The standard InChI is InChI=1S/C16H25N5S.HI/c1-3-18-16(19-6-4-8-21-9-7-17-13-21)20-11-14(2)15-5-10-22-12-15;/h5,7,9-10,12-14H,3-4,6,8,11H2,1-2H3,(H2,18,19,20);1H. The first-order valence-corrected chi connectivity index (χ1v) is 8.74. The van der Waals surface area contributed by atoms with Gasteiger partial charge in [0.05, 0.1) is 6.33 Å². The summed E-state index contributed by atoms with van der Waals surface area (Å²) >= 11 is 1.74. The SMILES string of the molecule is CCNC(=NCC(C)c1ccsc1)NCCCn1ccnc1.I. The van der Waals surface area contributed by atoms with Crippen LogP contribution in [0.4, 0.5) is 0 Å². The summed E-state index contributed by atoms with van der Waals surface area (Å²) in [5.74, 6) is 1.35. The van der Waals surface area contributed by atoms with E-state index in [0.29, 0.717) is 5.92 Å². The van der Waals surface area contributed by atoms with Crippen LogP contribution in [0.5, 0.6) is 0 Å². The predicted octanol–water partition coefficient (Wildman–Crippen LogP) is 3.31. The van der Waals surface area contributed by atoms with Crippen molar-refractivity contribution in [1.82, 2.24) is 20.2 Å². The molecule has 0 radical (unpaired) electrons. The fourth-order valence-corrected chi connectivity index (χ4v) is 2.90. The van der Waals surface area contributed by atoms with E-state index >= 15 is 0 Å². The van der Waals surface area contributed by atoms with E-state index in [1.54, 1.807) is 11.3 Å². The lowest BCUT2D eigenvalue weighted by atomic mass is 10.1. The molecule has 0 aliphatic rings. The van der Waals surface area contributed by atoms with Crippen LogP contribution in [-0.4, -0.2) is 35.1 Å². The summed E-state index contributed by atoms with van der Waals surface area (Å²) in [7, 11) is 0. The minimum Gasteiger partial charge on any atom is -0.357 e. The van der Waals surface area contributed by atoms with Crippen molar-refractivity contribution >= 4 is 41.3 Å². The van der Waals surface area contributed by atoms with E-state index < -0.39 is 0 Å². The van der Waals surface area contributed by atoms with Crippen LogP contribution >= 0.6 is 35.3 Å². The van der Waals surface area contributed by atoms with Crippen molar-refractivity contribution in [1.29, 1.82) is 0 Å². The Hall–Kier alpha value is -1.09. The lowest BCUT2D eigenvalue weighted by Gasteiger charge is -2.13. The summed E-state index contributed by atoms with van der Waals surface area (Å²) in [6.07, 6.45) is 6.69. The van der Waals surface area contributed by atoms with Gasteiger partial charge in [-0.1, -0.05) is 6.92 Å². The molecule has 2 heterocycles. The average Bonchev–Trinajstić information content (AvgIpc) is 3.21. The number of aryl methyl sites for hydroxylation is 1. The predicted molar refractivity (Wildman–Crippen MR) is 109 cm³/mol. The summed E-state index contributed by atoms with van der Waals surface area (Å²) in [4.78, 5) is 8.73. The molecule has 0 fully saturated rings. The molecule has 128 valence electrons. The number of thiophene rings is 1. The number of hydrogen-bond donors (Lipinski definition) is 2. The van der Waals surface area contributed by atoms with E-state index in [1.807, 2.05) is 18.7 Å². The smallest absolute Gasteiger partial charge is 0.191 e. The van der Waals surface area contributed by atoms with Gasteiger partial charge in [0, 0.05) is 44.5 Å². The number of nitrogens with one attached hydrogen (secondary N) is 2. The van der Waals surface area contributed by atoms with Gasteiger partial charge in [0.15, 0.2) is 5.96 Å². The second-order valence-electron chi connectivity index (χ2n) is 5.26. The highest BCUT2D eigenvalue weighted by atomic mass is 127. The maximum absolute atomic E-state index is 4.68. The minimum absolute atomic E-state index is 0. The molecule has 0 spiro atoms. The van der Waals surface area contributed by atoms with Crippen molar-refractivity contribution in [2.45, 2.75) is 32.7 Å². The molecule has 0 saturated carbocycles. The molecular formula is C16H26IN5S. The normalized spacial score (nSPS) is 12.5. The number of hydrogen-bond acceptors (Lipinski definition) is 3. The van der Waals surface area contributed by atoms with Crippen molar-refractivity contribution in [3.05, 3.63) is 41.1 Å². The molecule has 5 nitrogen and oxygen atoms in total. The van der Waals surface area contributed by atoms with Gasteiger partial charge in [0.25, 0.3) is 0 Å². The van der Waals surface area contributed by atoms with E-state index in [0.717, 1.165) is 38.6 Å². The van der Waals surface area contributed by atoms with Crippen LogP contribution in [0, 0.1) is 0 Å². The molecule has 2 rings (SSSR count). The Morgan fingerprint density at radius 1 is 1.43 bits per heavy atom. The van der Waals surface area contributed by atoms with Crippen molar-refractivity contribution < 1.29 is 0 Å². The first-order valence-electron chi connectivity index (χ1n) is 7.79. The first-order chi connectivity index (χ1) is 10.8. The Labute approximate surface area is 159 Å². The van der Waals surface area contributed by atoms with Gasteiger partial charge in [-0.3, -0.25) is 4.99 Å². The Balaban J connectivity index is 0.00000264. The van der Waals surface area contributed by atoms with Gasteiger partial charge < -0.3 is 15.2 Å². The number of guanidine groups is 1. The van der Waals surface area contributed by atoms with Gasteiger partial charge in [0.1, 0.15) is 0 Å². The second kappa shape index (κ2) is 11.4. The van der Waals surface area contributed by atoms with Gasteiger partial charge in [-0.15, -0.1) is 24.0 Å². The minimum atomic E-state index is 0. The van der Waals surface area contributed by atoms with Crippen molar-refractivity contribution in [2.75, 3.05) is 19.6 Å². The number of imidazole rings is 1. The first kappa shape index (κ1) is 20.0. The van der Waals surface area contributed by atoms with Crippen LogP contribution < -0.4 is 10.6 Å². The Bertz CT molecular complexity index is 539. The van der Waals surface area contributed by atoms with E-state index in [4.69, 9.17) is 0 Å². The number of aromatic nitrogens is 2. The Morgan fingerprint density at radius 2 is 2.30 bits per heavy atom. The molecule has 2 aromatic heterocycles. The van der Waals surface area contributed by atoms with Crippen molar-refractivity contribution in [2.24, 2.45) is 4.99 Å². The number of nitrogens with zero attached hydrogens (tertiary/aromatic N) is 3. The highest BCUT2D eigenvalue weighted by Crippen LogP contribution is 2.18. The van der Waals surface area contributed by atoms with E-state index in [9.17, 15) is 0 Å². The Morgan fingerprint density at radius 3 is 2.96 bits per heavy atom. The van der Waals surface area contributed by atoms with Crippen LogP contribution in [0.3, 0.4) is 0 Å². The molecule has 0 aromatic carbocycles. The van der Waals surface area contributed by atoms with E-state index in [-0.39, 0.29) is 24.0 Å². The molecule has 0 aliphatic carbocycles. The zero-order valence-electron chi connectivity index (χ0n) is 13.7. The lowest BCUT2D eigenvalue weighted by Crippen LogP contribution is -2.38. The summed E-state index contributed by atoms with van der Waals surface area (Å²) in [5.41, 5.74) is 1.37. The molecule has 7 heteroatoms. The summed E-state index contributed by atoms with van der Waals surface area (Å²) in [5, 5.41) is 11.0. The van der Waals surface area contributed by atoms with Gasteiger partial charge >= 0.3 is 0 Å². The largest absolute Gasteiger partial charge is 0.357 e. The van der Waals surface area contributed by atoms with Crippen LogP contribution in [0.2, 0.25) is 0 Å². The third kappa shape index (κ3) is 7.34. The Kier molecular flexibility index (Phi) is 9.93. The van der Waals surface area contributed by atoms with E-state index in [1.165, 1.54) is 5.56 Å². The highest BCUT2D eigenvalue weighted by molar-refractivity contribution is 14.0. The van der Waals surface area contributed by atoms with Gasteiger partial charge in [0.2, 0.25) is 0 Å². The molecule has 0 aliphatic heterocycles. The molecular weight excluding hydrogens is 421 g/mol. The lowest BCUT2D eigenvalue weighted by molar-refractivity contribution is 0.623. The maximum Gasteiger partial charge on any atom is 0.191 e. The summed E-state index contributed by atoms with van der Waals surface area (Å²) in [6.45, 7) is 7.85. The topological polar surface area (TPSA) is 54.2 Å². The molecule has 2 N–H and O–H groups in total. The van der Waals surface area contributed by atoms with Gasteiger partial charge in [-0.05, 0) is 35.7 Å². The maximum atomic E-state index is 4.68.